The quantitative estimate of drug-likeness (QED) is 0.684. The van der Waals surface area contributed by atoms with Gasteiger partial charge in [0.25, 0.3) is 0 Å². The van der Waals surface area contributed by atoms with Crippen molar-refractivity contribution in [1.82, 2.24) is 0 Å². The molecule has 0 spiro atoms. The number of rotatable bonds is 4. The number of halogens is 2. The van der Waals surface area contributed by atoms with Crippen LogP contribution < -0.4 is 4.74 Å². The lowest BCUT2D eigenvalue weighted by Crippen LogP contribution is -2.09. The number of hydrogen-bond acceptors (Lipinski definition) is 4. The number of esters is 1. The zero-order valence-electron chi connectivity index (χ0n) is 10.1. The molecular weight excluding hydrogens is 295 g/mol. The fourth-order valence-electron chi connectivity index (χ4n) is 0.815. The third-order valence-corrected chi connectivity index (χ3v) is 2.14. The average Bonchev–Trinajstić information content (AvgIpc) is 2.37. The molecule has 0 heterocycles. The number of carboxylic acids is 1. The molecule has 0 aromatic heterocycles. The van der Waals surface area contributed by atoms with Gasteiger partial charge >= 0.3 is 11.9 Å². The molecule has 7 heteroatoms. The largest absolute Gasteiger partial charge is 0.480 e. The topological polar surface area (TPSA) is 72.8 Å². The lowest BCUT2D eigenvalue weighted by Gasteiger charge is -2.04. The van der Waals surface area contributed by atoms with Gasteiger partial charge in [0, 0.05) is 11.1 Å². The van der Waals surface area contributed by atoms with Gasteiger partial charge in [-0.05, 0) is 18.2 Å². The Labute approximate surface area is 120 Å². The zero-order valence-corrected chi connectivity index (χ0v) is 11.6. The Bertz CT molecular complexity index is 459. The number of methoxy groups -OCH3 is 1. The summed E-state index contributed by atoms with van der Waals surface area (Å²) in [6.45, 7) is 2.74. The average molecular weight is 307 g/mol. The van der Waals surface area contributed by atoms with Gasteiger partial charge in [0.2, 0.25) is 0 Å². The van der Waals surface area contributed by atoms with Crippen molar-refractivity contribution < 1.29 is 24.2 Å². The van der Waals surface area contributed by atoms with Crippen molar-refractivity contribution >= 4 is 35.1 Å². The minimum atomic E-state index is -1.05. The molecule has 1 aromatic carbocycles. The standard InChI is InChI=1S/C8H6Cl2O3.C4H6O2/c9-5-1-2-7(6(10)3-5)13-4-8(11)12;1-3-4(5)6-2/h1-3H,4H2,(H,11,12);3H,1H2,2H3. The normalized spacial score (nSPS) is 8.79. The molecule has 1 rings (SSSR count). The summed E-state index contributed by atoms with van der Waals surface area (Å²) in [5, 5.41) is 9.11. The first-order valence-corrected chi connectivity index (χ1v) is 5.66. The van der Waals surface area contributed by atoms with Crippen molar-refractivity contribution in [2.75, 3.05) is 13.7 Å². The number of aliphatic carboxylic acids is 1. The van der Waals surface area contributed by atoms with Crippen LogP contribution in [0.1, 0.15) is 0 Å². The molecule has 0 aliphatic heterocycles. The van der Waals surface area contributed by atoms with Gasteiger partial charge in [-0.15, -0.1) is 0 Å². The molecule has 0 aliphatic carbocycles. The van der Waals surface area contributed by atoms with E-state index in [-0.39, 0.29) is 0 Å². The summed E-state index contributed by atoms with van der Waals surface area (Å²) in [5.41, 5.74) is 0. The van der Waals surface area contributed by atoms with E-state index in [1.165, 1.54) is 19.2 Å². The maximum absolute atomic E-state index is 10.2. The molecule has 0 saturated carbocycles. The smallest absolute Gasteiger partial charge is 0.341 e. The lowest BCUT2D eigenvalue weighted by molar-refractivity contribution is -0.139. The van der Waals surface area contributed by atoms with Crippen LogP contribution in [0.15, 0.2) is 30.9 Å². The minimum Gasteiger partial charge on any atom is -0.480 e. The number of ether oxygens (including phenoxy) is 2. The molecule has 1 N–H and O–H groups in total. The Morgan fingerprint density at radius 2 is 2.05 bits per heavy atom. The SMILES string of the molecule is C=CC(=O)OC.O=C(O)COc1ccc(Cl)cc1Cl. The van der Waals surface area contributed by atoms with Gasteiger partial charge in [0.05, 0.1) is 12.1 Å². The van der Waals surface area contributed by atoms with Gasteiger partial charge in [0.15, 0.2) is 6.61 Å². The van der Waals surface area contributed by atoms with Crippen LogP contribution in [0.25, 0.3) is 0 Å². The summed E-state index contributed by atoms with van der Waals surface area (Å²) in [6.07, 6.45) is 1.11. The fraction of sp³-hybridized carbons (Fsp3) is 0.167. The molecule has 0 radical (unpaired) electrons. The van der Waals surface area contributed by atoms with E-state index < -0.39 is 18.5 Å². The molecule has 19 heavy (non-hydrogen) atoms. The van der Waals surface area contributed by atoms with Crippen molar-refractivity contribution in [2.45, 2.75) is 0 Å². The third kappa shape index (κ3) is 8.07. The van der Waals surface area contributed by atoms with Crippen molar-refractivity contribution in [1.29, 1.82) is 0 Å². The van der Waals surface area contributed by atoms with E-state index in [0.717, 1.165) is 6.08 Å². The summed E-state index contributed by atoms with van der Waals surface area (Å²) in [6, 6.07) is 4.58. The molecule has 1 aromatic rings. The summed E-state index contributed by atoms with van der Waals surface area (Å²) in [5.74, 6) is -1.13. The maximum atomic E-state index is 10.2. The van der Waals surface area contributed by atoms with Crippen LogP contribution in [-0.4, -0.2) is 30.8 Å². The minimum absolute atomic E-state index is 0.300. The molecule has 0 aliphatic rings. The predicted octanol–water partition coefficient (Wildman–Crippen LogP) is 2.80. The van der Waals surface area contributed by atoms with Gasteiger partial charge in [-0.1, -0.05) is 29.8 Å². The first kappa shape index (κ1) is 17.3. The highest BCUT2D eigenvalue weighted by atomic mass is 35.5. The summed E-state index contributed by atoms with van der Waals surface area (Å²) < 4.78 is 9.01. The van der Waals surface area contributed by atoms with Gasteiger partial charge < -0.3 is 14.6 Å². The van der Waals surface area contributed by atoms with Gasteiger partial charge in [-0.2, -0.15) is 0 Å². The summed E-state index contributed by atoms with van der Waals surface area (Å²) in [4.78, 5) is 20.0. The Balaban J connectivity index is 0.000000459. The third-order valence-electron chi connectivity index (χ3n) is 1.61. The van der Waals surface area contributed by atoms with E-state index in [2.05, 4.69) is 11.3 Å². The number of carboxylic acid groups (broad SMARTS) is 1. The van der Waals surface area contributed by atoms with Crippen LogP contribution in [0.4, 0.5) is 0 Å². The first-order valence-electron chi connectivity index (χ1n) is 4.90. The molecule has 0 bridgehead atoms. The van der Waals surface area contributed by atoms with Crippen LogP contribution in [0.2, 0.25) is 10.0 Å². The van der Waals surface area contributed by atoms with Crippen molar-refractivity contribution in [3.8, 4) is 5.75 Å². The highest BCUT2D eigenvalue weighted by Gasteiger charge is 2.04. The highest BCUT2D eigenvalue weighted by molar-refractivity contribution is 6.35. The van der Waals surface area contributed by atoms with Gasteiger partial charge in [-0.3, -0.25) is 0 Å². The molecule has 0 atom stereocenters. The number of carbonyl (C=O) groups excluding carboxylic acids is 1. The zero-order chi connectivity index (χ0) is 14.8. The van der Waals surface area contributed by atoms with E-state index in [1.54, 1.807) is 6.07 Å². The Morgan fingerprint density at radius 1 is 1.42 bits per heavy atom. The Kier molecular flexibility index (Phi) is 8.41. The first-order chi connectivity index (χ1) is 8.90. The van der Waals surface area contributed by atoms with Crippen molar-refractivity contribution in [2.24, 2.45) is 0 Å². The number of benzene rings is 1. The molecule has 0 saturated heterocycles. The predicted molar refractivity (Wildman–Crippen MR) is 71.8 cm³/mol. The summed E-state index contributed by atoms with van der Waals surface area (Å²) >= 11 is 11.3. The second-order valence-electron chi connectivity index (χ2n) is 2.98. The molecule has 104 valence electrons. The lowest BCUT2D eigenvalue weighted by atomic mass is 10.3. The van der Waals surface area contributed by atoms with Crippen LogP contribution >= 0.6 is 23.2 Å². The van der Waals surface area contributed by atoms with Crippen molar-refractivity contribution in [3.05, 3.63) is 40.9 Å². The fourth-order valence-corrected chi connectivity index (χ4v) is 1.28. The van der Waals surface area contributed by atoms with E-state index in [1.807, 2.05) is 0 Å². The molecule has 0 fully saturated rings. The van der Waals surface area contributed by atoms with E-state index in [9.17, 15) is 9.59 Å². The summed E-state index contributed by atoms with van der Waals surface area (Å²) in [7, 11) is 1.31. The second kappa shape index (κ2) is 9.24. The maximum Gasteiger partial charge on any atom is 0.341 e. The van der Waals surface area contributed by atoms with Crippen LogP contribution in [0.5, 0.6) is 5.75 Å². The Hall–Kier alpha value is -1.72. The Morgan fingerprint density at radius 3 is 2.42 bits per heavy atom. The van der Waals surface area contributed by atoms with E-state index in [0.29, 0.717) is 15.8 Å². The number of hydrogen-bond donors (Lipinski definition) is 1. The van der Waals surface area contributed by atoms with Gasteiger partial charge in [-0.25, -0.2) is 9.59 Å². The van der Waals surface area contributed by atoms with E-state index in [4.69, 9.17) is 33.0 Å². The number of carbonyl (C=O) groups is 2. The monoisotopic (exact) mass is 306 g/mol. The van der Waals surface area contributed by atoms with E-state index >= 15 is 0 Å². The van der Waals surface area contributed by atoms with Crippen LogP contribution in [-0.2, 0) is 14.3 Å². The molecule has 5 nitrogen and oxygen atoms in total. The van der Waals surface area contributed by atoms with Crippen LogP contribution in [0.3, 0.4) is 0 Å². The van der Waals surface area contributed by atoms with Crippen molar-refractivity contribution in [3.63, 3.8) is 0 Å². The molecular formula is C12H12Cl2O5. The van der Waals surface area contributed by atoms with Crippen LogP contribution in [0, 0.1) is 0 Å². The molecule has 0 amide bonds. The molecule has 0 unspecified atom stereocenters. The van der Waals surface area contributed by atoms with Gasteiger partial charge in [0.1, 0.15) is 5.75 Å². The second-order valence-corrected chi connectivity index (χ2v) is 3.83. The highest BCUT2D eigenvalue weighted by Crippen LogP contribution is 2.27.